The number of methoxy groups -OCH3 is 1. The van der Waals surface area contributed by atoms with Gasteiger partial charge in [0, 0.05) is 12.8 Å². The number of aryl methyl sites for hydroxylation is 1. The van der Waals surface area contributed by atoms with Gasteiger partial charge in [-0.3, -0.25) is 9.59 Å². The van der Waals surface area contributed by atoms with Gasteiger partial charge in [0.1, 0.15) is 5.75 Å². The van der Waals surface area contributed by atoms with E-state index in [0.717, 1.165) is 16.9 Å². The van der Waals surface area contributed by atoms with E-state index in [1.807, 2.05) is 30.3 Å². The van der Waals surface area contributed by atoms with Crippen molar-refractivity contribution in [1.82, 2.24) is 4.90 Å². The SMILES string of the molecule is COc1cccc(CCN2CC(C(=O)N=CCCc3ccc(Cl)c(Cl)c3)=C(O)C2=O)c1. The number of hydrogen-bond donors (Lipinski definition) is 1. The molecule has 0 atom stereocenters. The van der Waals surface area contributed by atoms with Gasteiger partial charge in [0.15, 0.2) is 5.76 Å². The number of carbonyl (C=O) groups is 2. The van der Waals surface area contributed by atoms with Crippen LogP contribution in [-0.4, -0.2) is 48.2 Å². The number of hydrogen-bond acceptors (Lipinski definition) is 4. The first-order valence-corrected chi connectivity index (χ1v) is 10.5. The molecule has 0 radical (unpaired) electrons. The van der Waals surface area contributed by atoms with Crippen LogP contribution in [0.3, 0.4) is 0 Å². The van der Waals surface area contributed by atoms with Gasteiger partial charge < -0.3 is 14.7 Å². The second-order valence-corrected chi connectivity index (χ2v) is 7.87. The zero-order chi connectivity index (χ0) is 22.4. The maximum Gasteiger partial charge on any atom is 0.289 e. The zero-order valence-electron chi connectivity index (χ0n) is 17.0. The highest BCUT2D eigenvalue weighted by atomic mass is 35.5. The Morgan fingerprint density at radius 3 is 2.68 bits per heavy atom. The summed E-state index contributed by atoms with van der Waals surface area (Å²) in [6.07, 6.45) is 3.19. The Labute approximate surface area is 190 Å². The lowest BCUT2D eigenvalue weighted by atomic mass is 10.1. The van der Waals surface area contributed by atoms with Crippen molar-refractivity contribution in [3.8, 4) is 5.75 Å². The molecule has 2 aromatic rings. The third-order valence-corrected chi connectivity index (χ3v) is 5.68. The number of aliphatic hydroxyl groups excluding tert-OH is 1. The maximum absolute atomic E-state index is 12.4. The predicted molar refractivity (Wildman–Crippen MR) is 121 cm³/mol. The Bertz CT molecular complexity index is 1050. The van der Waals surface area contributed by atoms with E-state index < -0.39 is 17.6 Å². The zero-order valence-corrected chi connectivity index (χ0v) is 18.5. The molecule has 2 amide bonds. The first-order valence-electron chi connectivity index (χ1n) is 9.74. The molecule has 0 fully saturated rings. The number of nitrogens with zero attached hydrogens (tertiary/aromatic N) is 2. The molecular formula is C23H22Cl2N2O4. The normalized spacial score (nSPS) is 14.0. The summed E-state index contributed by atoms with van der Waals surface area (Å²) < 4.78 is 5.20. The molecule has 1 heterocycles. The second-order valence-electron chi connectivity index (χ2n) is 7.06. The van der Waals surface area contributed by atoms with Crippen LogP contribution in [0.2, 0.25) is 10.0 Å². The number of amides is 2. The molecule has 0 bridgehead atoms. The van der Waals surface area contributed by atoms with Crippen molar-refractivity contribution < 1.29 is 19.4 Å². The molecule has 0 spiro atoms. The molecule has 1 aliphatic heterocycles. The lowest BCUT2D eigenvalue weighted by Gasteiger charge is -2.16. The highest BCUT2D eigenvalue weighted by Crippen LogP contribution is 2.23. The summed E-state index contributed by atoms with van der Waals surface area (Å²) in [5, 5.41) is 11.1. The van der Waals surface area contributed by atoms with Gasteiger partial charge in [0.2, 0.25) is 0 Å². The number of ether oxygens (including phenoxy) is 1. The van der Waals surface area contributed by atoms with E-state index in [9.17, 15) is 14.7 Å². The van der Waals surface area contributed by atoms with Crippen molar-refractivity contribution in [2.45, 2.75) is 19.3 Å². The van der Waals surface area contributed by atoms with Gasteiger partial charge in [0.25, 0.3) is 11.8 Å². The molecule has 1 N–H and O–H groups in total. The van der Waals surface area contributed by atoms with Crippen LogP contribution in [0.5, 0.6) is 5.75 Å². The topological polar surface area (TPSA) is 79.2 Å². The van der Waals surface area contributed by atoms with Crippen molar-refractivity contribution in [1.29, 1.82) is 0 Å². The summed E-state index contributed by atoms with van der Waals surface area (Å²) >= 11 is 11.9. The van der Waals surface area contributed by atoms with E-state index in [0.29, 0.717) is 35.9 Å². The molecule has 0 unspecified atom stereocenters. The molecule has 1 aliphatic rings. The summed E-state index contributed by atoms with van der Waals surface area (Å²) in [7, 11) is 1.59. The molecule has 31 heavy (non-hydrogen) atoms. The largest absolute Gasteiger partial charge is 0.503 e. The number of halogens is 2. The molecular weight excluding hydrogens is 439 g/mol. The van der Waals surface area contributed by atoms with E-state index >= 15 is 0 Å². The van der Waals surface area contributed by atoms with E-state index in [2.05, 4.69) is 4.99 Å². The Hall–Kier alpha value is -2.83. The van der Waals surface area contributed by atoms with Gasteiger partial charge in [-0.05, 0) is 54.7 Å². The predicted octanol–water partition coefficient (Wildman–Crippen LogP) is 4.43. The Balaban J connectivity index is 1.52. The number of aliphatic imine (C=N–C) groups is 1. The van der Waals surface area contributed by atoms with E-state index in [-0.39, 0.29) is 12.1 Å². The lowest BCUT2D eigenvalue weighted by molar-refractivity contribution is -0.127. The lowest BCUT2D eigenvalue weighted by Crippen LogP contribution is -2.29. The van der Waals surface area contributed by atoms with Gasteiger partial charge >= 0.3 is 0 Å². The molecule has 162 valence electrons. The Morgan fingerprint density at radius 1 is 1.16 bits per heavy atom. The van der Waals surface area contributed by atoms with Crippen LogP contribution in [0.1, 0.15) is 17.5 Å². The third kappa shape index (κ3) is 5.87. The number of benzene rings is 2. The molecule has 8 heteroatoms. The molecule has 6 nitrogen and oxygen atoms in total. The van der Waals surface area contributed by atoms with Gasteiger partial charge in [-0.15, -0.1) is 0 Å². The number of aliphatic hydroxyl groups is 1. The van der Waals surface area contributed by atoms with Gasteiger partial charge in [-0.1, -0.05) is 41.4 Å². The van der Waals surface area contributed by atoms with E-state index in [4.69, 9.17) is 27.9 Å². The number of rotatable bonds is 8. The van der Waals surface area contributed by atoms with Crippen LogP contribution in [0, 0.1) is 0 Å². The monoisotopic (exact) mass is 460 g/mol. The van der Waals surface area contributed by atoms with Crippen molar-refractivity contribution in [2.75, 3.05) is 20.2 Å². The van der Waals surface area contributed by atoms with Crippen LogP contribution < -0.4 is 4.74 Å². The Morgan fingerprint density at radius 2 is 1.94 bits per heavy atom. The maximum atomic E-state index is 12.4. The van der Waals surface area contributed by atoms with Gasteiger partial charge in [-0.2, -0.15) is 0 Å². The second kappa shape index (κ2) is 10.5. The smallest absolute Gasteiger partial charge is 0.289 e. The fourth-order valence-electron chi connectivity index (χ4n) is 3.21. The van der Waals surface area contributed by atoms with Crippen molar-refractivity contribution in [3.05, 3.63) is 75.0 Å². The standard InChI is InChI=1S/C23H22Cl2N2O4/c1-31-17-6-2-4-16(12-17)9-11-27-14-18(21(28)23(27)30)22(29)26-10-3-5-15-7-8-19(24)20(25)13-15/h2,4,6-8,10,12-13,28H,3,5,9,11,14H2,1H3. The highest BCUT2D eigenvalue weighted by molar-refractivity contribution is 6.42. The van der Waals surface area contributed by atoms with Crippen LogP contribution in [0.25, 0.3) is 0 Å². The molecule has 3 rings (SSSR count). The van der Waals surface area contributed by atoms with Crippen molar-refractivity contribution in [3.63, 3.8) is 0 Å². The fraction of sp³-hybridized carbons (Fsp3) is 0.261. The Kier molecular flexibility index (Phi) is 7.71. The first-order chi connectivity index (χ1) is 14.9. The highest BCUT2D eigenvalue weighted by Gasteiger charge is 2.33. The quantitative estimate of drug-likeness (QED) is 0.590. The number of carbonyl (C=O) groups excluding carboxylic acids is 2. The minimum atomic E-state index is -0.608. The summed E-state index contributed by atoms with van der Waals surface area (Å²) in [6, 6.07) is 12.9. The molecule has 0 saturated carbocycles. The summed E-state index contributed by atoms with van der Waals surface area (Å²) in [5.41, 5.74) is 1.98. The molecule has 2 aromatic carbocycles. The van der Waals surface area contributed by atoms with Crippen molar-refractivity contribution >= 4 is 41.2 Å². The summed E-state index contributed by atoms with van der Waals surface area (Å²) in [6.45, 7) is 0.408. The van der Waals surface area contributed by atoms with Crippen LogP contribution in [0.4, 0.5) is 0 Å². The van der Waals surface area contributed by atoms with Crippen LogP contribution in [-0.2, 0) is 22.4 Å². The summed E-state index contributed by atoms with van der Waals surface area (Å²) in [5.74, 6) is -0.962. The molecule has 0 aliphatic carbocycles. The average Bonchev–Trinajstić information content (AvgIpc) is 3.06. The van der Waals surface area contributed by atoms with Crippen LogP contribution in [0.15, 0.2) is 58.8 Å². The molecule has 0 aromatic heterocycles. The van der Waals surface area contributed by atoms with Crippen LogP contribution >= 0.6 is 23.2 Å². The van der Waals surface area contributed by atoms with Gasteiger partial charge in [-0.25, -0.2) is 4.99 Å². The first kappa shape index (κ1) is 22.8. The minimum Gasteiger partial charge on any atom is -0.503 e. The third-order valence-electron chi connectivity index (χ3n) is 4.94. The minimum absolute atomic E-state index is 0.0152. The fourth-order valence-corrected chi connectivity index (χ4v) is 3.53. The summed E-state index contributed by atoms with van der Waals surface area (Å²) in [4.78, 5) is 30.0. The van der Waals surface area contributed by atoms with Crippen molar-refractivity contribution in [2.24, 2.45) is 4.99 Å². The molecule has 0 saturated heterocycles. The van der Waals surface area contributed by atoms with Gasteiger partial charge in [0.05, 0.1) is 29.3 Å². The van der Waals surface area contributed by atoms with E-state index in [1.54, 1.807) is 19.2 Å². The average molecular weight is 461 g/mol. The van der Waals surface area contributed by atoms with E-state index in [1.165, 1.54) is 11.1 Å².